The van der Waals surface area contributed by atoms with Crippen molar-refractivity contribution in [2.45, 2.75) is 64.7 Å². The molecule has 2 fully saturated rings. The summed E-state index contributed by atoms with van der Waals surface area (Å²) in [5.41, 5.74) is 2.40. The molecule has 5 rings (SSSR count). The van der Waals surface area contributed by atoms with Crippen LogP contribution in [-0.4, -0.2) is 99.6 Å². The Balaban J connectivity index is 1.25. The van der Waals surface area contributed by atoms with Crippen molar-refractivity contribution in [1.82, 2.24) is 15.1 Å². The van der Waals surface area contributed by atoms with Gasteiger partial charge in [-0.1, -0.05) is 24.6 Å². The van der Waals surface area contributed by atoms with E-state index < -0.39 is 28.1 Å². The Morgan fingerprint density at radius 1 is 1.04 bits per heavy atom. The van der Waals surface area contributed by atoms with Crippen LogP contribution >= 0.6 is 0 Å². The molecule has 51 heavy (non-hydrogen) atoms. The second kappa shape index (κ2) is 17.6. The van der Waals surface area contributed by atoms with Gasteiger partial charge in [0.05, 0.1) is 43.3 Å². The van der Waals surface area contributed by atoms with Crippen molar-refractivity contribution in [1.29, 1.82) is 0 Å². The van der Waals surface area contributed by atoms with E-state index in [0.717, 1.165) is 60.1 Å². The van der Waals surface area contributed by atoms with Crippen LogP contribution in [0.3, 0.4) is 0 Å². The number of morpholine rings is 1. The lowest BCUT2D eigenvalue weighted by Gasteiger charge is -2.34. The van der Waals surface area contributed by atoms with Crippen LogP contribution in [0, 0.1) is 12.8 Å². The summed E-state index contributed by atoms with van der Waals surface area (Å²) in [6.07, 6.45) is 2.75. The molecule has 2 N–H and O–H groups in total. The normalized spacial score (nSPS) is 16.1. The van der Waals surface area contributed by atoms with Gasteiger partial charge in [-0.2, -0.15) is 13.5 Å². The zero-order chi connectivity index (χ0) is 36.4. The Morgan fingerprint density at radius 3 is 2.47 bits per heavy atom. The summed E-state index contributed by atoms with van der Waals surface area (Å²) in [6, 6.07) is 10.6. The SMILES string of the molecule is CCS(=O)(=O)OCCCCCCOc1cc(N2CCOCC2)cc2c(NCCc3cccc(C(F)(F)C4CCN(C(=O)O)CC4)c3)nnc(C)c12. The maximum Gasteiger partial charge on any atom is 0.407 e. The van der Waals surface area contributed by atoms with E-state index in [-0.39, 0.29) is 43.9 Å². The van der Waals surface area contributed by atoms with E-state index >= 15 is 8.78 Å². The van der Waals surface area contributed by atoms with E-state index in [1.54, 1.807) is 19.1 Å². The first-order valence-electron chi connectivity index (χ1n) is 17.8. The number of likely N-dealkylation sites (tertiary alicyclic amines) is 1. The van der Waals surface area contributed by atoms with Crippen LogP contribution in [-0.2, 0) is 31.4 Å². The number of benzene rings is 2. The molecule has 2 aliphatic heterocycles. The van der Waals surface area contributed by atoms with E-state index in [1.165, 1.54) is 11.0 Å². The molecule has 0 saturated carbocycles. The van der Waals surface area contributed by atoms with Gasteiger partial charge in [-0.05, 0) is 70.1 Å². The first kappa shape index (κ1) is 38.4. The van der Waals surface area contributed by atoms with Crippen LogP contribution < -0.4 is 15.0 Å². The molecule has 0 radical (unpaired) electrons. The molecule has 2 saturated heterocycles. The fraction of sp³-hybridized carbons (Fsp3) is 0.583. The number of nitrogens with zero attached hydrogens (tertiary/aromatic N) is 4. The number of aryl methyl sites for hydroxylation is 1. The fourth-order valence-corrected chi connectivity index (χ4v) is 7.11. The number of hydrogen-bond donors (Lipinski definition) is 2. The van der Waals surface area contributed by atoms with Crippen LogP contribution in [0.2, 0.25) is 0 Å². The van der Waals surface area contributed by atoms with Gasteiger partial charge in [0.15, 0.2) is 5.82 Å². The van der Waals surface area contributed by atoms with Crippen molar-refractivity contribution in [3.05, 3.63) is 53.2 Å². The van der Waals surface area contributed by atoms with Crippen molar-refractivity contribution in [3.8, 4) is 5.75 Å². The third-order valence-corrected chi connectivity index (χ3v) is 10.8. The molecule has 3 heterocycles. The van der Waals surface area contributed by atoms with E-state index in [4.69, 9.17) is 13.7 Å². The number of rotatable bonds is 17. The minimum Gasteiger partial charge on any atom is -0.493 e. The van der Waals surface area contributed by atoms with E-state index in [2.05, 4.69) is 26.5 Å². The molecule has 2 aliphatic rings. The van der Waals surface area contributed by atoms with E-state index in [1.807, 2.05) is 19.1 Å². The smallest absolute Gasteiger partial charge is 0.407 e. The maximum atomic E-state index is 15.6. The molecular formula is C36H49F2N5O7S. The number of amides is 1. The number of fused-ring (bicyclic) bond motifs is 1. The topological polar surface area (TPSA) is 143 Å². The highest BCUT2D eigenvalue weighted by molar-refractivity contribution is 7.86. The summed E-state index contributed by atoms with van der Waals surface area (Å²) in [5.74, 6) is -2.74. The number of carboxylic acid groups (broad SMARTS) is 1. The molecule has 1 amide bonds. The summed E-state index contributed by atoms with van der Waals surface area (Å²) >= 11 is 0. The number of alkyl halides is 2. The van der Waals surface area contributed by atoms with Crippen molar-refractivity contribution in [2.24, 2.45) is 5.92 Å². The lowest BCUT2D eigenvalue weighted by molar-refractivity contribution is -0.0836. The first-order chi connectivity index (χ1) is 24.5. The number of aromatic nitrogens is 2. The van der Waals surface area contributed by atoms with Gasteiger partial charge >= 0.3 is 6.09 Å². The average Bonchev–Trinajstić information content (AvgIpc) is 3.14. The molecule has 3 aromatic rings. The molecule has 0 spiro atoms. The fourth-order valence-electron chi connectivity index (χ4n) is 6.58. The third kappa shape index (κ3) is 10.2. The Bertz CT molecular complexity index is 1730. The Morgan fingerprint density at radius 2 is 1.76 bits per heavy atom. The Kier molecular flexibility index (Phi) is 13.3. The highest BCUT2D eigenvalue weighted by atomic mass is 32.2. The lowest BCUT2D eigenvalue weighted by atomic mass is 9.86. The number of piperidine rings is 1. The predicted molar refractivity (Wildman–Crippen MR) is 192 cm³/mol. The molecule has 280 valence electrons. The van der Waals surface area contributed by atoms with Gasteiger partial charge in [-0.15, -0.1) is 5.10 Å². The molecule has 0 aliphatic carbocycles. The monoisotopic (exact) mass is 733 g/mol. The number of carbonyl (C=O) groups is 1. The highest BCUT2D eigenvalue weighted by Crippen LogP contribution is 2.42. The zero-order valence-corrected chi connectivity index (χ0v) is 30.2. The number of halogens is 2. The van der Waals surface area contributed by atoms with Crippen molar-refractivity contribution in [2.75, 3.05) is 75.1 Å². The molecule has 0 atom stereocenters. The molecule has 2 aromatic carbocycles. The summed E-state index contributed by atoms with van der Waals surface area (Å²) in [5, 5.41) is 23.2. The summed E-state index contributed by atoms with van der Waals surface area (Å²) in [6.45, 7) is 7.47. The van der Waals surface area contributed by atoms with Gasteiger partial charge in [-0.25, -0.2) is 13.6 Å². The maximum absolute atomic E-state index is 15.6. The van der Waals surface area contributed by atoms with Crippen molar-refractivity contribution in [3.63, 3.8) is 0 Å². The summed E-state index contributed by atoms with van der Waals surface area (Å²) in [7, 11) is -3.43. The third-order valence-electron chi connectivity index (χ3n) is 9.59. The minimum atomic E-state index is -3.43. The van der Waals surface area contributed by atoms with E-state index in [9.17, 15) is 18.3 Å². The van der Waals surface area contributed by atoms with Gasteiger partial charge in [0.1, 0.15) is 5.75 Å². The van der Waals surface area contributed by atoms with Gasteiger partial charge in [0, 0.05) is 61.3 Å². The molecule has 12 nitrogen and oxygen atoms in total. The Labute approximate surface area is 298 Å². The predicted octanol–water partition coefficient (Wildman–Crippen LogP) is 6.22. The van der Waals surface area contributed by atoms with Gasteiger partial charge < -0.3 is 29.7 Å². The van der Waals surface area contributed by atoms with Crippen LogP contribution in [0.15, 0.2) is 36.4 Å². The number of unbranched alkanes of at least 4 members (excludes halogenated alkanes) is 3. The first-order valence-corrected chi connectivity index (χ1v) is 19.4. The summed E-state index contributed by atoms with van der Waals surface area (Å²) in [4.78, 5) is 14.7. The van der Waals surface area contributed by atoms with Gasteiger partial charge in [0.25, 0.3) is 16.0 Å². The molecule has 15 heteroatoms. The van der Waals surface area contributed by atoms with Gasteiger partial charge in [-0.3, -0.25) is 4.18 Å². The zero-order valence-electron chi connectivity index (χ0n) is 29.4. The van der Waals surface area contributed by atoms with Crippen LogP contribution in [0.4, 0.5) is 25.1 Å². The number of hydrogen-bond acceptors (Lipinski definition) is 10. The molecule has 1 aromatic heterocycles. The molecule has 0 unspecified atom stereocenters. The van der Waals surface area contributed by atoms with E-state index in [0.29, 0.717) is 50.8 Å². The number of anilines is 2. The second-order valence-corrected chi connectivity index (χ2v) is 15.0. The second-order valence-electron chi connectivity index (χ2n) is 13.1. The van der Waals surface area contributed by atoms with Crippen LogP contribution in [0.5, 0.6) is 5.75 Å². The standard InChI is InChI=1S/C36H49F2N5O7S/c1-3-51(46,47)50-20-7-5-4-6-19-49-32-25-30(42-17-21-48-22-18-42)24-31-33(32)26(2)40-41-34(31)39-14-11-27-9-8-10-29(23-27)36(37,38)28-12-15-43(16-13-28)35(44)45/h8-10,23-25,28H,3-7,11-22H2,1-2H3,(H,39,41)(H,44,45). The molecular weight excluding hydrogens is 684 g/mol. The minimum absolute atomic E-state index is 0.0336. The summed E-state index contributed by atoms with van der Waals surface area (Å²) < 4.78 is 71.1. The lowest BCUT2D eigenvalue weighted by Crippen LogP contribution is -2.41. The van der Waals surface area contributed by atoms with Gasteiger partial charge in [0.2, 0.25) is 0 Å². The number of ether oxygens (including phenoxy) is 2. The highest BCUT2D eigenvalue weighted by Gasteiger charge is 2.43. The number of nitrogens with one attached hydrogen (secondary N) is 1. The van der Waals surface area contributed by atoms with Crippen LogP contribution in [0.25, 0.3) is 10.8 Å². The van der Waals surface area contributed by atoms with Crippen molar-refractivity contribution < 1.29 is 40.8 Å². The molecule has 0 bridgehead atoms. The quantitative estimate of drug-likeness (QED) is 0.121. The van der Waals surface area contributed by atoms with Crippen molar-refractivity contribution >= 4 is 38.5 Å². The largest absolute Gasteiger partial charge is 0.493 e. The average molecular weight is 734 g/mol. The Hall–Kier alpha value is -3.82. The van der Waals surface area contributed by atoms with Crippen LogP contribution in [0.1, 0.15) is 62.3 Å².